The Morgan fingerprint density at radius 2 is 2.04 bits per heavy atom. The summed E-state index contributed by atoms with van der Waals surface area (Å²) in [6.07, 6.45) is 1.67. The van der Waals surface area contributed by atoms with Crippen molar-refractivity contribution in [1.82, 2.24) is 14.9 Å². The van der Waals surface area contributed by atoms with E-state index in [0.29, 0.717) is 10.6 Å². The van der Waals surface area contributed by atoms with Gasteiger partial charge in [0.1, 0.15) is 12.4 Å². The highest BCUT2D eigenvalue weighted by atomic mass is 32.1. The maximum absolute atomic E-state index is 11.1. The lowest BCUT2D eigenvalue weighted by molar-refractivity contribution is -0.114. The minimum absolute atomic E-state index is 0.112. The summed E-state index contributed by atoms with van der Waals surface area (Å²) in [4.78, 5) is 11.1. The second kappa shape index (κ2) is 8.62. The molecule has 28 heavy (non-hydrogen) atoms. The van der Waals surface area contributed by atoms with Crippen LogP contribution in [0.15, 0.2) is 47.6 Å². The van der Waals surface area contributed by atoms with Crippen molar-refractivity contribution < 1.29 is 9.53 Å². The van der Waals surface area contributed by atoms with Gasteiger partial charge in [0.15, 0.2) is 5.82 Å². The first-order valence-electron chi connectivity index (χ1n) is 8.71. The van der Waals surface area contributed by atoms with Crippen LogP contribution in [0.1, 0.15) is 29.4 Å². The Labute approximate surface area is 168 Å². The van der Waals surface area contributed by atoms with Crippen LogP contribution in [-0.2, 0) is 11.4 Å². The molecule has 144 valence electrons. The summed E-state index contributed by atoms with van der Waals surface area (Å²) in [7, 11) is 0. The minimum Gasteiger partial charge on any atom is -0.485 e. The maximum Gasteiger partial charge on any atom is 0.221 e. The Morgan fingerprint density at radius 3 is 2.71 bits per heavy atom. The zero-order chi connectivity index (χ0) is 20.1. The number of amides is 1. The highest BCUT2D eigenvalue weighted by Gasteiger charge is 2.07. The molecule has 0 unspecified atom stereocenters. The minimum atomic E-state index is -0.112. The van der Waals surface area contributed by atoms with Crippen LogP contribution in [0.3, 0.4) is 0 Å². The first-order valence-corrected chi connectivity index (χ1v) is 9.11. The maximum atomic E-state index is 11.1. The highest BCUT2D eigenvalue weighted by molar-refractivity contribution is 7.71. The summed E-state index contributed by atoms with van der Waals surface area (Å²) < 4.78 is 7.78. The van der Waals surface area contributed by atoms with Gasteiger partial charge in [-0.25, -0.2) is 5.10 Å². The van der Waals surface area contributed by atoms with Crippen LogP contribution in [-0.4, -0.2) is 27.0 Å². The standard InChI is InChI=1S/C20H21N5O2S/c1-13-4-9-18(14(2)10-13)27-12-19-23-24-20(28)25(19)21-11-16-5-7-17(8-6-16)22-15(3)26/h4-11H,12H2,1-3H3,(H,22,26)(H,24,28)/b21-11-. The number of hydrogen-bond donors (Lipinski definition) is 2. The molecule has 0 fully saturated rings. The number of nitrogens with one attached hydrogen (secondary N) is 2. The monoisotopic (exact) mass is 395 g/mol. The predicted octanol–water partition coefficient (Wildman–Crippen LogP) is 3.98. The van der Waals surface area contributed by atoms with Crippen LogP contribution in [0.4, 0.5) is 5.69 Å². The largest absolute Gasteiger partial charge is 0.485 e. The summed E-state index contributed by atoms with van der Waals surface area (Å²) in [5.41, 5.74) is 3.83. The molecule has 3 aromatic rings. The van der Waals surface area contributed by atoms with E-state index in [4.69, 9.17) is 17.0 Å². The van der Waals surface area contributed by atoms with Crippen molar-refractivity contribution >= 4 is 30.0 Å². The van der Waals surface area contributed by atoms with Crippen LogP contribution in [0.25, 0.3) is 0 Å². The number of hydrogen-bond acceptors (Lipinski definition) is 5. The molecule has 0 aliphatic heterocycles. The Hall–Kier alpha value is -3.26. The number of rotatable bonds is 6. The zero-order valence-electron chi connectivity index (χ0n) is 15.9. The van der Waals surface area contributed by atoms with Crippen LogP contribution in [0, 0.1) is 18.6 Å². The second-order valence-corrected chi connectivity index (χ2v) is 6.75. The molecule has 1 heterocycles. The van der Waals surface area contributed by atoms with Gasteiger partial charge in [-0.05, 0) is 55.4 Å². The summed E-state index contributed by atoms with van der Waals surface area (Å²) >= 11 is 5.26. The van der Waals surface area contributed by atoms with E-state index >= 15 is 0 Å². The molecule has 7 nitrogen and oxygen atoms in total. The Morgan fingerprint density at radius 1 is 1.29 bits per heavy atom. The number of nitrogens with zero attached hydrogens (tertiary/aromatic N) is 3. The summed E-state index contributed by atoms with van der Waals surface area (Å²) in [5, 5.41) is 14.1. The van der Waals surface area contributed by atoms with E-state index in [1.54, 1.807) is 6.21 Å². The summed E-state index contributed by atoms with van der Waals surface area (Å²) in [5.74, 6) is 1.25. The number of carbonyl (C=O) groups excluding carboxylic acids is 1. The van der Waals surface area contributed by atoms with Crippen LogP contribution in [0.2, 0.25) is 0 Å². The number of aryl methyl sites for hydroxylation is 2. The summed E-state index contributed by atoms with van der Waals surface area (Å²) in [6.45, 7) is 5.75. The van der Waals surface area contributed by atoms with Crippen LogP contribution >= 0.6 is 12.2 Å². The molecule has 0 atom stereocenters. The zero-order valence-corrected chi connectivity index (χ0v) is 16.7. The Kier molecular flexibility index (Phi) is 6.00. The average Bonchev–Trinajstić information content (AvgIpc) is 3.00. The average molecular weight is 395 g/mol. The van der Waals surface area contributed by atoms with E-state index in [9.17, 15) is 4.79 Å². The molecule has 2 N–H and O–H groups in total. The molecule has 0 bridgehead atoms. The van der Waals surface area contributed by atoms with E-state index in [1.165, 1.54) is 17.2 Å². The van der Waals surface area contributed by atoms with Gasteiger partial charge >= 0.3 is 0 Å². The molecule has 1 aromatic heterocycles. The van der Waals surface area contributed by atoms with Crippen molar-refractivity contribution in [1.29, 1.82) is 0 Å². The van der Waals surface area contributed by atoms with Crippen molar-refractivity contribution in [2.45, 2.75) is 27.4 Å². The Balaban J connectivity index is 1.72. The molecule has 0 saturated heterocycles. The number of aromatic nitrogens is 3. The van der Waals surface area contributed by atoms with Crippen molar-refractivity contribution in [3.05, 3.63) is 69.8 Å². The Bertz CT molecular complexity index is 1070. The fourth-order valence-corrected chi connectivity index (χ4v) is 2.82. The first-order chi connectivity index (χ1) is 13.4. The van der Waals surface area contributed by atoms with Crippen LogP contribution < -0.4 is 10.1 Å². The number of benzene rings is 2. The van der Waals surface area contributed by atoms with E-state index in [2.05, 4.69) is 26.7 Å². The van der Waals surface area contributed by atoms with Gasteiger partial charge < -0.3 is 10.1 Å². The fraction of sp³-hybridized carbons (Fsp3) is 0.200. The van der Waals surface area contributed by atoms with E-state index < -0.39 is 0 Å². The molecule has 3 rings (SSSR count). The summed E-state index contributed by atoms with van der Waals surface area (Å²) in [6, 6.07) is 13.3. The van der Waals surface area contributed by atoms with E-state index in [-0.39, 0.29) is 12.5 Å². The lowest BCUT2D eigenvalue weighted by atomic mass is 10.1. The predicted molar refractivity (Wildman–Crippen MR) is 111 cm³/mol. The van der Waals surface area contributed by atoms with Crippen molar-refractivity contribution in [2.75, 3.05) is 5.32 Å². The third-order valence-electron chi connectivity index (χ3n) is 3.96. The molecule has 2 aromatic carbocycles. The molecule has 1 amide bonds. The highest BCUT2D eigenvalue weighted by Crippen LogP contribution is 2.19. The third kappa shape index (κ3) is 4.92. The lowest BCUT2D eigenvalue weighted by Gasteiger charge is -2.09. The molecule has 0 spiro atoms. The molecular formula is C20H21N5O2S. The van der Waals surface area contributed by atoms with Crippen molar-refractivity contribution in [3.8, 4) is 5.75 Å². The van der Waals surface area contributed by atoms with Gasteiger partial charge in [0.05, 0.1) is 6.21 Å². The number of ether oxygens (including phenoxy) is 1. The topological polar surface area (TPSA) is 84.3 Å². The van der Waals surface area contributed by atoms with E-state index in [0.717, 1.165) is 22.6 Å². The van der Waals surface area contributed by atoms with Crippen molar-refractivity contribution in [3.63, 3.8) is 0 Å². The van der Waals surface area contributed by atoms with Crippen LogP contribution in [0.5, 0.6) is 5.75 Å². The van der Waals surface area contributed by atoms with E-state index in [1.807, 2.05) is 50.2 Å². The number of anilines is 1. The lowest BCUT2D eigenvalue weighted by Crippen LogP contribution is -2.06. The molecule has 8 heteroatoms. The van der Waals surface area contributed by atoms with Gasteiger partial charge in [0, 0.05) is 12.6 Å². The third-order valence-corrected chi connectivity index (χ3v) is 4.22. The first kappa shape index (κ1) is 19.5. The van der Waals surface area contributed by atoms with Gasteiger partial charge in [-0.2, -0.15) is 14.9 Å². The number of H-pyrrole nitrogens is 1. The number of aromatic amines is 1. The molecule has 0 saturated carbocycles. The fourth-order valence-electron chi connectivity index (χ4n) is 2.62. The van der Waals surface area contributed by atoms with Gasteiger partial charge in [0.25, 0.3) is 0 Å². The second-order valence-electron chi connectivity index (χ2n) is 6.36. The number of carbonyl (C=O) groups is 1. The SMILES string of the molecule is CC(=O)Nc1ccc(/C=N\n2c(COc3ccc(C)cc3C)n[nH]c2=S)cc1. The van der Waals surface area contributed by atoms with Gasteiger partial charge in [0.2, 0.25) is 10.7 Å². The molecule has 0 radical (unpaired) electrons. The quantitative estimate of drug-likeness (QED) is 0.488. The smallest absolute Gasteiger partial charge is 0.221 e. The van der Waals surface area contributed by atoms with Gasteiger partial charge in [-0.1, -0.05) is 29.8 Å². The normalized spacial score (nSPS) is 11.0. The van der Waals surface area contributed by atoms with Crippen molar-refractivity contribution in [2.24, 2.45) is 5.10 Å². The molecular weight excluding hydrogens is 374 g/mol. The molecule has 0 aliphatic carbocycles. The van der Waals surface area contributed by atoms with Gasteiger partial charge in [-0.3, -0.25) is 4.79 Å². The molecule has 0 aliphatic rings. The van der Waals surface area contributed by atoms with Gasteiger partial charge in [-0.15, -0.1) is 0 Å².